The Hall–Kier alpha value is -5.39. The zero-order valence-corrected chi connectivity index (χ0v) is 29.3. The maximum Gasteiger partial charge on any atom is 0.295 e. The van der Waals surface area contributed by atoms with E-state index in [0.717, 1.165) is 17.4 Å². The minimum absolute atomic E-state index is 0.0603. The molecule has 0 spiro atoms. The summed E-state index contributed by atoms with van der Waals surface area (Å²) in [5.41, 5.74) is 1.69. The molecule has 0 bridgehead atoms. The van der Waals surface area contributed by atoms with Gasteiger partial charge in [-0.2, -0.15) is 13.5 Å². The third kappa shape index (κ3) is 8.81. The van der Waals surface area contributed by atoms with Crippen LogP contribution in [-0.2, 0) is 28.9 Å². The lowest BCUT2D eigenvalue weighted by Gasteiger charge is -2.12. The maximum atomic E-state index is 12.1. The van der Waals surface area contributed by atoms with E-state index in [2.05, 4.69) is 44.5 Å². The number of phenolic OH excluding ortho intramolecular Hbond substituents is 2. The molecule has 17 nitrogen and oxygen atoms in total. The SMILES string of the molecule is COc1cc(N=Nc2c(SOOO)cc3cc(Nc4ccccc4)ccc3c2O)c(O)cc1N=Nc1ccc2cc(SOOO)cc(S(=O)(=O)O)c2c1. The molecule has 0 amide bonds. The van der Waals surface area contributed by atoms with Crippen LogP contribution < -0.4 is 10.1 Å². The highest BCUT2D eigenvalue weighted by Gasteiger charge is 2.19. The van der Waals surface area contributed by atoms with Gasteiger partial charge in [0.2, 0.25) is 0 Å². The van der Waals surface area contributed by atoms with Crippen molar-refractivity contribution < 1.29 is 57.2 Å². The number of hydrogen-bond acceptors (Lipinski definition) is 18. The number of para-hydroxylation sites is 1. The summed E-state index contributed by atoms with van der Waals surface area (Å²) in [7, 11) is -3.36. The highest BCUT2D eigenvalue weighted by molar-refractivity contribution is 7.95. The Balaban J connectivity index is 1.30. The second kappa shape index (κ2) is 16.5. The van der Waals surface area contributed by atoms with E-state index in [-0.39, 0.29) is 49.4 Å². The van der Waals surface area contributed by atoms with Crippen molar-refractivity contribution in [3.05, 3.63) is 97.1 Å². The zero-order valence-electron chi connectivity index (χ0n) is 26.8. The van der Waals surface area contributed by atoms with Crippen LogP contribution in [0.25, 0.3) is 21.5 Å². The average Bonchev–Trinajstić information content (AvgIpc) is 3.15. The Bertz CT molecular complexity index is 2470. The molecule has 0 saturated carbocycles. The third-order valence-electron chi connectivity index (χ3n) is 7.39. The number of methoxy groups -OCH3 is 1. The van der Waals surface area contributed by atoms with E-state index in [1.54, 1.807) is 24.3 Å². The first kappa shape index (κ1) is 37.4. The van der Waals surface area contributed by atoms with Crippen molar-refractivity contribution in [1.82, 2.24) is 0 Å². The number of anilines is 2. The molecule has 0 heterocycles. The summed E-state index contributed by atoms with van der Waals surface area (Å²) in [5, 5.41) is 68.0. The van der Waals surface area contributed by atoms with E-state index in [1.807, 2.05) is 30.3 Å². The molecule has 0 aromatic heterocycles. The van der Waals surface area contributed by atoms with Crippen molar-refractivity contribution in [1.29, 1.82) is 0 Å². The minimum atomic E-state index is -4.70. The van der Waals surface area contributed by atoms with Crippen LogP contribution in [0.5, 0.6) is 17.2 Å². The minimum Gasteiger partial charge on any atom is -0.506 e. The first-order valence-corrected chi connectivity index (χ1v) is 17.7. The molecule has 272 valence electrons. The summed E-state index contributed by atoms with van der Waals surface area (Å²) < 4.78 is 48.6. The van der Waals surface area contributed by atoms with E-state index in [0.29, 0.717) is 40.2 Å². The fourth-order valence-corrected chi connectivity index (χ4v) is 6.83. The summed E-state index contributed by atoms with van der Waals surface area (Å²) >= 11 is 1.07. The molecule has 0 aliphatic carbocycles. The molecule has 0 aliphatic heterocycles. The smallest absolute Gasteiger partial charge is 0.295 e. The van der Waals surface area contributed by atoms with Crippen molar-refractivity contribution in [2.45, 2.75) is 14.7 Å². The van der Waals surface area contributed by atoms with Crippen LogP contribution in [0.2, 0.25) is 0 Å². The number of azo groups is 2. The lowest BCUT2D eigenvalue weighted by Crippen LogP contribution is -1.99. The molecule has 0 aliphatic rings. The normalized spacial score (nSPS) is 12.0. The monoisotopic (exact) mass is 779 g/mol. The Kier molecular flexibility index (Phi) is 11.6. The van der Waals surface area contributed by atoms with Crippen molar-refractivity contribution >= 4 is 89.9 Å². The molecule has 20 heteroatoms. The van der Waals surface area contributed by atoms with Gasteiger partial charge in [0.15, 0.2) is 5.75 Å². The molecule has 6 N–H and O–H groups in total. The number of rotatable bonds is 14. The van der Waals surface area contributed by atoms with Crippen LogP contribution in [0.1, 0.15) is 0 Å². The quantitative estimate of drug-likeness (QED) is 0.0198. The lowest BCUT2D eigenvalue weighted by atomic mass is 10.1. The van der Waals surface area contributed by atoms with Crippen LogP contribution in [-0.4, -0.2) is 40.8 Å². The molecule has 0 unspecified atom stereocenters. The van der Waals surface area contributed by atoms with Gasteiger partial charge in [-0.3, -0.25) is 4.55 Å². The molecule has 0 radical (unpaired) electrons. The Morgan fingerprint density at radius 2 is 1.45 bits per heavy atom. The second-order valence-electron chi connectivity index (χ2n) is 10.7. The molecule has 6 aromatic rings. The Morgan fingerprint density at radius 1 is 0.698 bits per heavy atom. The number of hydrogen-bond donors (Lipinski definition) is 6. The largest absolute Gasteiger partial charge is 0.506 e. The number of aromatic hydroxyl groups is 2. The summed E-state index contributed by atoms with van der Waals surface area (Å²) in [4.78, 5) is -0.0492. The lowest BCUT2D eigenvalue weighted by molar-refractivity contribution is -0.432. The van der Waals surface area contributed by atoms with Crippen molar-refractivity contribution in [2.24, 2.45) is 20.5 Å². The van der Waals surface area contributed by atoms with Crippen molar-refractivity contribution in [3.8, 4) is 17.2 Å². The second-order valence-corrected chi connectivity index (χ2v) is 13.6. The van der Waals surface area contributed by atoms with Gasteiger partial charge in [-0.1, -0.05) is 34.3 Å². The third-order valence-corrected chi connectivity index (χ3v) is 9.46. The summed E-state index contributed by atoms with van der Waals surface area (Å²) in [6.45, 7) is 0. The van der Waals surface area contributed by atoms with Crippen LogP contribution >= 0.6 is 24.1 Å². The topological polar surface area (TPSA) is 243 Å². The molecule has 0 atom stereocenters. The molecule has 0 saturated heterocycles. The van der Waals surface area contributed by atoms with Crippen molar-refractivity contribution in [3.63, 3.8) is 0 Å². The summed E-state index contributed by atoms with van der Waals surface area (Å²) in [6.07, 6.45) is 0. The predicted octanol–water partition coefficient (Wildman–Crippen LogP) is 10.1. The van der Waals surface area contributed by atoms with Crippen LogP contribution in [0.4, 0.5) is 34.1 Å². The molecule has 6 rings (SSSR count). The number of nitrogens with zero attached hydrogens (tertiary/aromatic N) is 4. The van der Waals surface area contributed by atoms with Gasteiger partial charge in [-0.25, -0.2) is 10.5 Å². The number of benzene rings is 6. The van der Waals surface area contributed by atoms with Gasteiger partial charge in [0.1, 0.15) is 33.5 Å². The zero-order chi connectivity index (χ0) is 37.5. The number of nitrogens with one attached hydrogen (secondary N) is 1. The maximum absolute atomic E-state index is 12.1. The van der Waals surface area contributed by atoms with Gasteiger partial charge >= 0.3 is 0 Å². The first-order chi connectivity index (χ1) is 25.6. The molecular formula is C33H25N5O12S3. The van der Waals surface area contributed by atoms with E-state index in [1.165, 1.54) is 43.5 Å². The van der Waals surface area contributed by atoms with Crippen molar-refractivity contribution in [2.75, 3.05) is 12.4 Å². The first-order valence-electron chi connectivity index (χ1n) is 14.8. The molecular weight excluding hydrogens is 755 g/mol. The number of ether oxygens (including phenoxy) is 1. The molecule has 0 fully saturated rings. The van der Waals surface area contributed by atoms with Gasteiger partial charge in [-0.05, 0) is 71.4 Å². The van der Waals surface area contributed by atoms with Crippen LogP contribution in [0.15, 0.2) is 132 Å². The number of fused-ring (bicyclic) bond motifs is 2. The van der Waals surface area contributed by atoms with Gasteiger partial charge in [-0.15, -0.1) is 24.0 Å². The van der Waals surface area contributed by atoms with Gasteiger partial charge in [0.05, 0.1) is 41.8 Å². The molecule has 6 aromatic carbocycles. The van der Waals surface area contributed by atoms with E-state index < -0.39 is 20.8 Å². The predicted molar refractivity (Wildman–Crippen MR) is 193 cm³/mol. The fraction of sp³-hybridized carbons (Fsp3) is 0.0303. The van der Waals surface area contributed by atoms with Crippen LogP contribution in [0.3, 0.4) is 0 Å². The van der Waals surface area contributed by atoms with E-state index >= 15 is 0 Å². The standard InChI is InChI=1S/C33H25N5O12S3/c1-46-29-17-26(28(39)16-27(29)37-35-22-8-7-18-12-23(51-49-47-41)15-31(25(18)14-22)53(43,44)45)36-38-32-30(52-50-48-42)13-19-11-21(9-10-24(19)33(32)40)34-20-5-3-2-4-6-20/h2-17,34,39-42H,1H3,(H,43,44,45). The summed E-state index contributed by atoms with van der Waals surface area (Å²) in [5.74, 6) is -0.551. The van der Waals surface area contributed by atoms with E-state index in [9.17, 15) is 23.2 Å². The molecule has 53 heavy (non-hydrogen) atoms. The van der Waals surface area contributed by atoms with Gasteiger partial charge in [0, 0.05) is 39.2 Å². The Labute approximate surface area is 308 Å². The van der Waals surface area contributed by atoms with Gasteiger partial charge < -0.3 is 20.3 Å². The highest BCUT2D eigenvalue weighted by Crippen LogP contribution is 2.46. The fourth-order valence-electron chi connectivity index (χ4n) is 5.08. The Morgan fingerprint density at radius 3 is 2.19 bits per heavy atom. The van der Waals surface area contributed by atoms with Gasteiger partial charge in [0.25, 0.3) is 10.1 Å². The van der Waals surface area contributed by atoms with Crippen LogP contribution in [0, 0.1) is 0 Å². The van der Waals surface area contributed by atoms with E-state index in [4.69, 9.17) is 15.3 Å². The number of phenols is 2. The highest BCUT2D eigenvalue weighted by atomic mass is 32.2. The average molecular weight is 780 g/mol. The summed E-state index contributed by atoms with van der Waals surface area (Å²) in [6, 6.07) is 25.9.